The number of hydrogen-bond acceptors (Lipinski definition) is 3. The average Bonchev–Trinajstić information content (AvgIpc) is 2.82. The summed E-state index contributed by atoms with van der Waals surface area (Å²) in [5.74, 6) is -0.879. The van der Waals surface area contributed by atoms with Gasteiger partial charge in [-0.25, -0.2) is 4.79 Å². The number of carboxylic acid groups (broad SMARTS) is 1. The lowest BCUT2D eigenvalue weighted by Crippen LogP contribution is -2.02. The molecular weight excluding hydrogens is 304 g/mol. The van der Waals surface area contributed by atoms with Crippen LogP contribution in [-0.4, -0.2) is 20.9 Å². The van der Waals surface area contributed by atoms with Gasteiger partial charge >= 0.3 is 5.97 Å². The molecule has 4 nitrogen and oxygen atoms in total. The van der Waals surface area contributed by atoms with Gasteiger partial charge in [0, 0.05) is 4.88 Å². The minimum absolute atomic E-state index is 0.362. The topological polar surface area (TPSA) is 55.1 Å². The molecular formula is C11H11BrN2O2S. The van der Waals surface area contributed by atoms with E-state index in [1.165, 1.54) is 11.3 Å². The number of aryl methyl sites for hydroxylation is 1. The Morgan fingerprint density at radius 1 is 1.53 bits per heavy atom. The summed E-state index contributed by atoms with van der Waals surface area (Å²) in [5, 5.41) is 13.2. The Balaban J connectivity index is 2.25. The molecule has 0 saturated heterocycles. The van der Waals surface area contributed by atoms with Crippen LogP contribution in [0.1, 0.15) is 25.9 Å². The number of nitrogens with zero attached hydrogens (tertiary/aromatic N) is 2. The van der Waals surface area contributed by atoms with Crippen LogP contribution in [0.4, 0.5) is 0 Å². The third-order valence-corrected chi connectivity index (χ3v) is 4.68. The molecule has 17 heavy (non-hydrogen) atoms. The van der Waals surface area contributed by atoms with Crippen LogP contribution in [0.5, 0.6) is 0 Å². The Hall–Kier alpha value is -1.14. The summed E-state index contributed by atoms with van der Waals surface area (Å²) in [7, 11) is 0. The summed E-state index contributed by atoms with van der Waals surface area (Å²) < 4.78 is 2.88. The number of thiophene rings is 1. The van der Waals surface area contributed by atoms with E-state index in [0.29, 0.717) is 11.4 Å². The van der Waals surface area contributed by atoms with Gasteiger partial charge in [0.15, 0.2) is 0 Å². The summed E-state index contributed by atoms with van der Waals surface area (Å²) in [4.78, 5) is 12.1. The molecule has 1 N–H and O–H groups in total. The molecule has 0 radical (unpaired) electrons. The third-order valence-electron chi connectivity index (χ3n) is 2.47. The van der Waals surface area contributed by atoms with Gasteiger partial charge in [0.1, 0.15) is 4.88 Å². The summed E-state index contributed by atoms with van der Waals surface area (Å²) in [6.45, 7) is 4.52. The summed E-state index contributed by atoms with van der Waals surface area (Å²) in [5.41, 5.74) is 1.99. The second-order valence-corrected chi connectivity index (χ2v) is 5.67. The second kappa shape index (κ2) is 4.62. The van der Waals surface area contributed by atoms with E-state index in [9.17, 15) is 4.79 Å². The number of carbonyl (C=O) groups is 1. The van der Waals surface area contributed by atoms with E-state index in [-0.39, 0.29) is 0 Å². The molecule has 0 spiro atoms. The van der Waals surface area contributed by atoms with Crippen molar-refractivity contribution in [3.05, 3.63) is 37.7 Å². The van der Waals surface area contributed by atoms with Crippen LogP contribution in [0.2, 0.25) is 0 Å². The quantitative estimate of drug-likeness (QED) is 0.947. The minimum Gasteiger partial charge on any atom is -0.477 e. The minimum atomic E-state index is -0.879. The Labute approximate surface area is 111 Å². The van der Waals surface area contributed by atoms with Crippen LogP contribution in [0, 0.1) is 13.8 Å². The van der Waals surface area contributed by atoms with Gasteiger partial charge in [0.2, 0.25) is 0 Å². The molecule has 90 valence electrons. The lowest BCUT2D eigenvalue weighted by atomic mass is 10.4. The number of rotatable bonds is 3. The number of halogens is 1. The molecule has 2 aromatic rings. The molecule has 0 fully saturated rings. The second-order valence-electron chi connectivity index (χ2n) is 3.71. The first-order valence-electron chi connectivity index (χ1n) is 5.00. The van der Waals surface area contributed by atoms with Gasteiger partial charge in [-0.2, -0.15) is 5.10 Å². The molecule has 0 aromatic carbocycles. The fraction of sp³-hybridized carbons (Fsp3) is 0.273. The normalized spacial score (nSPS) is 10.8. The Kier molecular flexibility index (Phi) is 3.35. The van der Waals surface area contributed by atoms with Gasteiger partial charge in [-0.05, 0) is 41.9 Å². The van der Waals surface area contributed by atoms with Crippen molar-refractivity contribution in [1.29, 1.82) is 0 Å². The van der Waals surface area contributed by atoms with Gasteiger partial charge in [0.25, 0.3) is 0 Å². The first-order valence-corrected chi connectivity index (χ1v) is 6.61. The Morgan fingerprint density at radius 2 is 2.24 bits per heavy atom. The molecule has 0 aliphatic rings. The summed E-state index contributed by atoms with van der Waals surface area (Å²) in [6, 6.07) is 3.46. The van der Waals surface area contributed by atoms with Gasteiger partial charge < -0.3 is 5.11 Å². The Bertz CT molecular complexity index is 574. The zero-order chi connectivity index (χ0) is 12.6. The molecule has 2 heterocycles. The van der Waals surface area contributed by atoms with Crippen molar-refractivity contribution in [2.24, 2.45) is 0 Å². The largest absolute Gasteiger partial charge is 0.477 e. The number of aromatic carboxylic acids is 1. The standard InChI is InChI=1S/C11H11BrN2O2S/c1-6-10(12)7(2)14(13-6)5-8-3-4-9(17-8)11(15)16/h3-4H,5H2,1-2H3,(H,15,16). The molecule has 0 aliphatic carbocycles. The van der Waals surface area contributed by atoms with Gasteiger partial charge in [-0.3, -0.25) is 4.68 Å². The summed E-state index contributed by atoms with van der Waals surface area (Å²) >= 11 is 4.75. The maximum absolute atomic E-state index is 10.8. The fourth-order valence-corrected chi connectivity index (χ4v) is 2.67. The number of aromatic nitrogens is 2. The van der Waals surface area contributed by atoms with Crippen molar-refractivity contribution in [2.75, 3.05) is 0 Å². The van der Waals surface area contributed by atoms with Gasteiger partial charge in [-0.15, -0.1) is 11.3 Å². The first-order chi connectivity index (χ1) is 7.99. The van der Waals surface area contributed by atoms with Crippen molar-refractivity contribution in [3.8, 4) is 0 Å². The van der Waals surface area contributed by atoms with Crippen molar-refractivity contribution >= 4 is 33.2 Å². The van der Waals surface area contributed by atoms with E-state index in [0.717, 1.165) is 20.7 Å². The molecule has 0 saturated carbocycles. The Morgan fingerprint density at radius 3 is 2.71 bits per heavy atom. The molecule has 0 amide bonds. The van der Waals surface area contributed by atoms with Crippen molar-refractivity contribution in [3.63, 3.8) is 0 Å². The molecule has 0 unspecified atom stereocenters. The van der Waals surface area contributed by atoms with E-state index in [1.54, 1.807) is 6.07 Å². The zero-order valence-corrected chi connectivity index (χ0v) is 11.8. The monoisotopic (exact) mass is 314 g/mol. The fourth-order valence-electron chi connectivity index (χ4n) is 1.55. The maximum atomic E-state index is 10.8. The van der Waals surface area contributed by atoms with Crippen LogP contribution in [-0.2, 0) is 6.54 Å². The van der Waals surface area contributed by atoms with E-state index in [4.69, 9.17) is 5.11 Å². The average molecular weight is 315 g/mol. The van der Waals surface area contributed by atoms with Crippen LogP contribution in [0.15, 0.2) is 16.6 Å². The highest BCUT2D eigenvalue weighted by atomic mass is 79.9. The van der Waals surface area contributed by atoms with E-state index in [2.05, 4.69) is 21.0 Å². The number of carboxylic acids is 1. The van der Waals surface area contributed by atoms with E-state index < -0.39 is 5.97 Å². The van der Waals surface area contributed by atoms with Crippen LogP contribution in [0.3, 0.4) is 0 Å². The highest BCUT2D eigenvalue weighted by Gasteiger charge is 2.11. The van der Waals surface area contributed by atoms with Crippen molar-refractivity contribution in [1.82, 2.24) is 9.78 Å². The van der Waals surface area contributed by atoms with Crippen molar-refractivity contribution < 1.29 is 9.90 Å². The predicted octanol–water partition coefficient (Wildman–Crippen LogP) is 3.07. The first kappa shape index (κ1) is 12.3. The molecule has 2 aromatic heterocycles. The molecule has 0 aliphatic heterocycles. The van der Waals surface area contributed by atoms with Crippen LogP contribution in [0.25, 0.3) is 0 Å². The maximum Gasteiger partial charge on any atom is 0.345 e. The highest BCUT2D eigenvalue weighted by molar-refractivity contribution is 9.10. The van der Waals surface area contributed by atoms with Gasteiger partial charge in [0.05, 0.1) is 22.4 Å². The zero-order valence-electron chi connectivity index (χ0n) is 9.40. The highest BCUT2D eigenvalue weighted by Crippen LogP contribution is 2.23. The van der Waals surface area contributed by atoms with Gasteiger partial charge in [-0.1, -0.05) is 0 Å². The predicted molar refractivity (Wildman–Crippen MR) is 69.8 cm³/mol. The third kappa shape index (κ3) is 2.42. The lowest BCUT2D eigenvalue weighted by molar-refractivity contribution is 0.0702. The number of hydrogen-bond donors (Lipinski definition) is 1. The molecule has 6 heteroatoms. The molecule has 2 rings (SSSR count). The van der Waals surface area contributed by atoms with E-state index >= 15 is 0 Å². The van der Waals surface area contributed by atoms with Crippen LogP contribution >= 0.6 is 27.3 Å². The van der Waals surface area contributed by atoms with Crippen molar-refractivity contribution in [2.45, 2.75) is 20.4 Å². The SMILES string of the molecule is Cc1nn(Cc2ccc(C(=O)O)s2)c(C)c1Br. The summed E-state index contributed by atoms with van der Waals surface area (Å²) in [6.07, 6.45) is 0. The smallest absolute Gasteiger partial charge is 0.345 e. The lowest BCUT2D eigenvalue weighted by Gasteiger charge is -2.01. The molecule has 0 bridgehead atoms. The van der Waals surface area contributed by atoms with E-state index in [1.807, 2.05) is 24.6 Å². The van der Waals surface area contributed by atoms with Crippen LogP contribution < -0.4 is 0 Å². The molecule has 0 atom stereocenters.